The van der Waals surface area contributed by atoms with Crippen molar-refractivity contribution in [3.63, 3.8) is 0 Å². The average Bonchev–Trinajstić information content (AvgIpc) is 3.12. The second-order valence-corrected chi connectivity index (χ2v) is 8.03. The van der Waals surface area contributed by atoms with E-state index in [1.807, 2.05) is 0 Å². The lowest BCUT2D eigenvalue weighted by Gasteiger charge is -2.41. The van der Waals surface area contributed by atoms with Gasteiger partial charge in [0.15, 0.2) is 0 Å². The number of carbonyl (C=O) groups is 2. The lowest BCUT2D eigenvalue weighted by atomic mass is 9.89. The van der Waals surface area contributed by atoms with Crippen LogP contribution in [0.2, 0.25) is 0 Å². The van der Waals surface area contributed by atoms with Gasteiger partial charge in [-0.3, -0.25) is 5.32 Å². The van der Waals surface area contributed by atoms with Gasteiger partial charge in [-0.2, -0.15) is 0 Å². The standard InChI is InChI=1S/C18H28N4O3S/c1-2-25-16(23)15-20-21-17(26-15)19-18(24)22(13-9-5-3-6-10-13)14-11-7-4-8-12-14/h13-14H,2-12H2,1H3,(H,19,21,24). The van der Waals surface area contributed by atoms with Crippen molar-refractivity contribution in [3.05, 3.63) is 5.01 Å². The van der Waals surface area contributed by atoms with Crippen molar-refractivity contribution in [1.82, 2.24) is 15.1 Å². The molecule has 1 aromatic heterocycles. The largest absolute Gasteiger partial charge is 0.461 e. The van der Waals surface area contributed by atoms with Gasteiger partial charge < -0.3 is 9.64 Å². The average molecular weight is 381 g/mol. The van der Waals surface area contributed by atoms with Gasteiger partial charge in [0.25, 0.3) is 0 Å². The van der Waals surface area contributed by atoms with Gasteiger partial charge in [-0.25, -0.2) is 9.59 Å². The first-order valence-corrected chi connectivity index (χ1v) is 10.6. The summed E-state index contributed by atoms with van der Waals surface area (Å²) < 4.78 is 4.93. The molecule has 1 aromatic rings. The second kappa shape index (κ2) is 9.30. The molecule has 2 aliphatic carbocycles. The van der Waals surface area contributed by atoms with E-state index in [4.69, 9.17) is 4.74 Å². The molecule has 3 rings (SSSR count). The topological polar surface area (TPSA) is 84.4 Å². The minimum Gasteiger partial charge on any atom is -0.461 e. The van der Waals surface area contributed by atoms with Crippen molar-refractivity contribution in [2.75, 3.05) is 11.9 Å². The van der Waals surface area contributed by atoms with E-state index in [1.165, 1.54) is 38.5 Å². The monoisotopic (exact) mass is 380 g/mol. The fraction of sp³-hybridized carbons (Fsp3) is 0.778. The van der Waals surface area contributed by atoms with Crippen molar-refractivity contribution in [2.45, 2.75) is 83.2 Å². The number of amides is 2. The van der Waals surface area contributed by atoms with E-state index in [0.717, 1.165) is 37.0 Å². The van der Waals surface area contributed by atoms with Gasteiger partial charge >= 0.3 is 12.0 Å². The Bertz CT molecular complexity index is 591. The molecule has 1 N–H and O–H groups in total. The molecule has 2 fully saturated rings. The molecular weight excluding hydrogens is 352 g/mol. The van der Waals surface area contributed by atoms with Gasteiger partial charge in [0.05, 0.1) is 6.61 Å². The van der Waals surface area contributed by atoms with E-state index in [9.17, 15) is 9.59 Å². The maximum absolute atomic E-state index is 13.1. The Kier molecular flexibility index (Phi) is 6.82. The molecule has 144 valence electrons. The van der Waals surface area contributed by atoms with Gasteiger partial charge in [-0.05, 0) is 32.6 Å². The molecule has 1 heterocycles. The summed E-state index contributed by atoms with van der Waals surface area (Å²) in [4.78, 5) is 26.9. The minimum atomic E-state index is -0.498. The molecule has 0 aliphatic heterocycles. The van der Waals surface area contributed by atoms with Crippen molar-refractivity contribution in [3.8, 4) is 0 Å². The van der Waals surface area contributed by atoms with Gasteiger partial charge in [0.2, 0.25) is 10.1 Å². The number of ether oxygens (including phenoxy) is 1. The molecule has 0 bridgehead atoms. The molecule has 7 nitrogen and oxygen atoms in total. The number of hydrogen-bond donors (Lipinski definition) is 1. The zero-order valence-electron chi connectivity index (χ0n) is 15.4. The van der Waals surface area contributed by atoms with Crippen molar-refractivity contribution >= 4 is 28.5 Å². The summed E-state index contributed by atoms with van der Waals surface area (Å²) in [5.74, 6) is -0.498. The van der Waals surface area contributed by atoms with Gasteiger partial charge in [-0.15, -0.1) is 10.2 Å². The fourth-order valence-electron chi connectivity index (χ4n) is 4.05. The quantitative estimate of drug-likeness (QED) is 0.773. The lowest BCUT2D eigenvalue weighted by molar-refractivity contribution is 0.0525. The summed E-state index contributed by atoms with van der Waals surface area (Å²) in [6.45, 7) is 2.03. The smallest absolute Gasteiger partial charge is 0.369 e. The number of hydrogen-bond acceptors (Lipinski definition) is 6. The highest BCUT2D eigenvalue weighted by atomic mass is 32.1. The molecule has 0 unspecified atom stereocenters. The Hall–Kier alpha value is -1.70. The van der Waals surface area contributed by atoms with Crippen LogP contribution in [0, 0.1) is 0 Å². The summed E-state index contributed by atoms with van der Waals surface area (Å²) in [6.07, 6.45) is 11.6. The molecule has 0 aromatic carbocycles. The van der Waals surface area contributed by atoms with Gasteiger partial charge in [-0.1, -0.05) is 49.9 Å². The van der Waals surface area contributed by atoms with E-state index in [1.54, 1.807) is 6.92 Å². The van der Waals surface area contributed by atoms with Crippen LogP contribution in [0.3, 0.4) is 0 Å². The molecule has 0 atom stereocenters. The highest BCUT2D eigenvalue weighted by Gasteiger charge is 2.33. The van der Waals surface area contributed by atoms with Gasteiger partial charge in [0, 0.05) is 12.1 Å². The van der Waals surface area contributed by atoms with E-state index in [0.29, 0.717) is 17.2 Å². The van der Waals surface area contributed by atoms with Crippen LogP contribution in [0.1, 0.15) is 80.9 Å². The minimum absolute atomic E-state index is 0.102. The number of carbonyl (C=O) groups excluding carboxylic acids is 2. The van der Waals surface area contributed by atoms with Crippen LogP contribution in [0.4, 0.5) is 9.93 Å². The molecule has 2 aliphatic rings. The summed E-state index contributed by atoms with van der Waals surface area (Å²) in [5.41, 5.74) is 0. The fourth-order valence-corrected chi connectivity index (χ4v) is 4.68. The van der Waals surface area contributed by atoms with Crippen LogP contribution in [0.15, 0.2) is 0 Å². The Morgan fingerprint density at radius 3 is 2.15 bits per heavy atom. The normalized spacial score (nSPS) is 19.1. The molecular formula is C18H28N4O3S. The molecule has 2 amide bonds. The molecule has 2 saturated carbocycles. The van der Waals surface area contributed by atoms with Crippen molar-refractivity contribution < 1.29 is 14.3 Å². The highest BCUT2D eigenvalue weighted by Crippen LogP contribution is 2.31. The third kappa shape index (κ3) is 4.72. The van der Waals surface area contributed by atoms with Crippen LogP contribution in [0.5, 0.6) is 0 Å². The van der Waals surface area contributed by atoms with E-state index < -0.39 is 5.97 Å². The maximum Gasteiger partial charge on any atom is 0.369 e. The zero-order valence-corrected chi connectivity index (χ0v) is 16.2. The Labute approximate surface area is 158 Å². The second-order valence-electron chi connectivity index (χ2n) is 7.05. The molecule has 0 spiro atoms. The van der Waals surface area contributed by atoms with Crippen LogP contribution in [-0.4, -0.2) is 45.8 Å². The number of nitrogens with one attached hydrogen (secondary N) is 1. The maximum atomic E-state index is 13.1. The van der Waals surface area contributed by atoms with Crippen LogP contribution in [0.25, 0.3) is 0 Å². The van der Waals surface area contributed by atoms with E-state index in [2.05, 4.69) is 20.4 Å². The zero-order chi connectivity index (χ0) is 18.4. The first kappa shape index (κ1) is 19.1. The van der Waals surface area contributed by atoms with Gasteiger partial charge in [0.1, 0.15) is 0 Å². The first-order chi connectivity index (χ1) is 12.7. The summed E-state index contributed by atoms with van der Waals surface area (Å²) in [6, 6.07) is 0.518. The van der Waals surface area contributed by atoms with E-state index >= 15 is 0 Å². The number of rotatable bonds is 5. The SMILES string of the molecule is CCOC(=O)c1nnc(NC(=O)N(C2CCCCC2)C2CCCCC2)s1. The lowest BCUT2D eigenvalue weighted by Crippen LogP contribution is -2.50. The number of anilines is 1. The third-order valence-electron chi connectivity index (χ3n) is 5.26. The van der Waals surface area contributed by atoms with Crippen molar-refractivity contribution in [2.24, 2.45) is 0 Å². The molecule has 0 saturated heterocycles. The Morgan fingerprint density at radius 1 is 1.04 bits per heavy atom. The van der Waals surface area contributed by atoms with Crippen molar-refractivity contribution in [1.29, 1.82) is 0 Å². The number of urea groups is 1. The molecule has 8 heteroatoms. The summed E-state index contributed by atoms with van der Waals surface area (Å²) >= 11 is 1.06. The highest BCUT2D eigenvalue weighted by molar-refractivity contribution is 7.17. The first-order valence-electron chi connectivity index (χ1n) is 9.79. The Balaban J connectivity index is 1.69. The molecule has 26 heavy (non-hydrogen) atoms. The number of nitrogens with zero attached hydrogens (tertiary/aromatic N) is 3. The summed E-state index contributed by atoms with van der Waals surface area (Å²) in [7, 11) is 0. The predicted octanol–water partition coefficient (Wildman–Crippen LogP) is 4.21. The predicted molar refractivity (Wildman–Crippen MR) is 100 cm³/mol. The number of aromatic nitrogens is 2. The Morgan fingerprint density at radius 2 is 1.62 bits per heavy atom. The van der Waals surface area contributed by atoms with Crippen LogP contribution >= 0.6 is 11.3 Å². The van der Waals surface area contributed by atoms with Crippen LogP contribution in [-0.2, 0) is 4.74 Å². The molecule has 0 radical (unpaired) electrons. The van der Waals surface area contributed by atoms with E-state index in [-0.39, 0.29) is 17.6 Å². The number of esters is 1. The van der Waals surface area contributed by atoms with Crippen LogP contribution < -0.4 is 5.32 Å². The summed E-state index contributed by atoms with van der Waals surface area (Å²) in [5, 5.41) is 11.2. The third-order valence-corrected chi connectivity index (χ3v) is 6.08.